The molecule has 0 aliphatic carbocycles. The van der Waals surface area contributed by atoms with E-state index in [0.29, 0.717) is 0 Å². The van der Waals surface area contributed by atoms with E-state index in [1.807, 2.05) is 6.92 Å². The topological polar surface area (TPSA) is 29.3 Å². The zero-order chi connectivity index (χ0) is 13.9. The van der Waals surface area contributed by atoms with Gasteiger partial charge in [-0.25, -0.2) is 4.39 Å². The Kier molecular flexibility index (Phi) is 4.38. The summed E-state index contributed by atoms with van der Waals surface area (Å²) < 4.78 is 13.1. The lowest BCUT2D eigenvalue weighted by Crippen LogP contribution is -2.47. The van der Waals surface area contributed by atoms with Gasteiger partial charge in [0.1, 0.15) is 5.82 Å². The van der Waals surface area contributed by atoms with Gasteiger partial charge in [-0.05, 0) is 57.0 Å². The summed E-state index contributed by atoms with van der Waals surface area (Å²) in [6.45, 7) is 9.01. The van der Waals surface area contributed by atoms with Crippen LogP contribution in [-0.4, -0.2) is 24.5 Å². The fourth-order valence-electron chi connectivity index (χ4n) is 2.91. The number of rotatable bonds is 5. The van der Waals surface area contributed by atoms with Crippen molar-refractivity contribution in [2.24, 2.45) is 5.73 Å². The molecule has 0 amide bonds. The van der Waals surface area contributed by atoms with Gasteiger partial charge in [-0.2, -0.15) is 0 Å². The van der Waals surface area contributed by atoms with Gasteiger partial charge in [0.2, 0.25) is 0 Å². The Balaban J connectivity index is 2.21. The Labute approximate surface area is 115 Å². The molecule has 2 nitrogen and oxygen atoms in total. The van der Waals surface area contributed by atoms with Crippen molar-refractivity contribution in [1.29, 1.82) is 0 Å². The predicted octanol–water partition coefficient (Wildman–Crippen LogP) is 3.04. The lowest BCUT2D eigenvalue weighted by Gasteiger charge is -2.34. The van der Waals surface area contributed by atoms with Crippen molar-refractivity contribution in [3.63, 3.8) is 0 Å². The van der Waals surface area contributed by atoms with Gasteiger partial charge in [-0.3, -0.25) is 0 Å². The van der Waals surface area contributed by atoms with Gasteiger partial charge in [0, 0.05) is 6.54 Å². The van der Waals surface area contributed by atoms with Gasteiger partial charge in [0.15, 0.2) is 0 Å². The monoisotopic (exact) mass is 262 g/mol. The van der Waals surface area contributed by atoms with E-state index in [1.54, 1.807) is 12.1 Å². The minimum absolute atomic E-state index is 0.220. The summed E-state index contributed by atoms with van der Waals surface area (Å²) in [5.74, 6) is -0.220. The molecule has 0 radical (unpaired) electrons. The summed E-state index contributed by atoms with van der Waals surface area (Å²) in [5, 5.41) is 0. The molecular formula is C16H23FN2. The molecule has 1 atom stereocenters. The van der Waals surface area contributed by atoms with Gasteiger partial charge in [0.25, 0.3) is 0 Å². The van der Waals surface area contributed by atoms with E-state index in [9.17, 15) is 4.39 Å². The number of benzene rings is 1. The van der Waals surface area contributed by atoms with Crippen LogP contribution in [0.25, 0.3) is 0 Å². The third kappa shape index (κ3) is 3.64. The highest BCUT2D eigenvalue weighted by atomic mass is 19.1. The first-order valence-corrected chi connectivity index (χ1v) is 6.91. The molecule has 1 heterocycles. The van der Waals surface area contributed by atoms with E-state index in [-0.39, 0.29) is 5.82 Å². The Morgan fingerprint density at radius 1 is 1.32 bits per heavy atom. The molecule has 1 unspecified atom stereocenters. The van der Waals surface area contributed by atoms with Crippen LogP contribution in [0.3, 0.4) is 0 Å². The smallest absolute Gasteiger partial charge is 0.123 e. The van der Waals surface area contributed by atoms with Crippen molar-refractivity contribution in [3.05, 3.63) is 47.8 Å². The SMILES string of the molecule is C=C(C)CC(N)(CN1CCCC1)c1ccc(F)cc1. The normalized spacial score (nSPS) is 19.3. The van der Waals surface area contributed by atoms with Gasteiger partial charge >= 0.3 is 0 Å². The zero-order valence-electron chi connectivity index (χ0n) is 11.7. The molecule has 0 saturated carbocycles. The third-order valence-electron chi connectivity index (χ3n) is 3.74. The van der Waals surface area contributed by atoms with Gasteiger partial charge in [-0.15, -0.1) is 6.58 Å². The molecule has 1 aromatic carbocycles. The van der Waals surface area contributed by atoms with Crippen LogP contribution < -0.4 is 5.73 Å². The highest BCUT2D eigenvalue weighted by molar-refractivity contribution is 5.27. The molecular weight excluding hydrogens is 239 g/mol. The third-order valence-corrected chi connectivity index (χ3v) is 3.74. The fraction of sp³-hybridized carbons (Fsp3) is 0.500. The van der Waals surface area contributed by atoms with Crippen molar-refractivity contribution >= 4 is 0 Å². The van der Waals surface area contributed by atoms with Gasteiger partial charge in [0.05, 0.1) is 5.54 Å². The number of nitrogens with two attached hydrogens (primary N) is 1. The maximum Gasteiger partial charge on any atom is 0.123 e. The van der Waals surface area contributed by atoms with Crippen molar-refractivity contribution < 1.29 is 4.39 Å². The van der Waals surface area contributed by atoms with Crippen molar-refractivity contribution in [2.45, 2.75) is 31.7 Å². The van der Waals surface area contributed by atoms with Crippen LogP contribution in [0.5, 0.6) is 0 Å². The average Bonchev–Trinajstić information content (AvgIpc) is 2.81. The number of likely N-dealkylation sites (tertiary alicyclic amines) is 1. The molecule has 3 heteroatoms. The summed E-state index contributed by atoms with van der Waals surface area (Å²) in [5.41, 5.74) is 8.21. The molecule has 2 N–H and O–H groups in total. The zero-order valence-corrected chi connectivity index (χ0v) is 11.7. The second-order valence-corrected chi connectivity index (χ2v) is 5.78. The van der Waals surface area contributed by atoms with E-state index in [4.69, 9.17) is 5.73 Å². The highest BCUT2D eigenvalue weighted by Gasteiger charge is 2.30. The first-order valence-electron chi connectivity index (χ1n) is 6.91. The van der Waals surface area contributed by atoms with E-state index < -0.39 is 5.54 Å². The standard InChI is InChI=1S/C16H23FN2/c1-13(2)11-16(18,12-19-9-3-4-10-19)14-5-7-15(17)8-6-14/h5-8H,1,3-4,9-12,18H2,2H3. The van der Waals surface area contributed by atoms with Crippen LogP contribution in [0.1, 0.15) is 31.7 Å². The first kappa shape index (κ1) is 14.2. The Morgan fingerprint density at radius 3 is 2.42 bits per heavy atom. The predicted molar refractivity (Wildman–Crippen MR) is 77.4 cm³/mol. The second kappa shape index (κ2) is 5.85. The molecule has 1 saturated heterocycles. The summed E-state index contributed by atoms with van der Waals surface area (Å²) in [6, 6.07) is 6.57. The lowest BCUT2D eigenvalue weighted by atomic mass is 9.84. The minimum atomic E-state index is -0.468. The quantitative estimate of drug-likeness (QED) is 0.826. The summed E-state index contributed by atoms with van der Waals surface area (Å²) in [7, 11) is 0. The number of hydrogen-bond donors (Lipinski definition) is 1. The molecule has 0 spiro atoms. The largest absolute Gasteiger partial charge is 0.320 e. The number of nitrogens with zero attached hydrogens (tertiary/aromatic N) is 1. The molecule has 19 heavy (non-hydrogen) atoms. The highest BCUT2D eigenvalue weighted by Crippen LogP contribution is 2.28. The van der Waals surface area contributed by atoms with Crippen molar-refractivity contribution in [2.75, 3.05) is 19.6 Å². The molecule has 2 rings (SSSR count). The van der Waals surface area contributed by atoms with E-state index in [0.717, 1.165) is 37.2 Å². The molecule has 1 fully saturated rings. The fourth-order valence-corrected chi connectivity index (χ4v) is 2.91. The molecule has 104 valence electrons. The Hall–Kier alpha value is -1.19. The van der Waals surface area contributed by atoms with E-state index in [1.165, 1.54) is 25.0 Å². The minimum Gasteiger partial charge on any atom is -0.320 e. The van der Waals surface area contributed by atoms with Crippen LogP contribution in [-0.2, 0) is 5.54 Å². The lowest BCUT2D eigenvalue weighted by molar-refractivity contribution is 0.245. The van der Waals surface area contributed by atoms with Crippen LogP contribution in [0.2, 0.25) is 0 Å². The first-order chi connectivity index (χ1) is 8.99. The van der Waals surface area contributed by atoms with E-state index in [2.05, 4.69) is 11.5 Å². The molecule has 1 aliphatic heterocycles. The summed E-state index contributed by atoms with van der Waals surface area (Å²) >= 11 is 0. The molecule has 1 aliphatic rings. The van der Waals surface area contributed by atoms with Crippen LogP contribution in [0.15, 0.2) is 36.4 Å². The average molecular weight is 262 g/mol. The maximum absolute atomic E-state index is 13.1. The molecule has 0 aromatic heterocycles. The van der Waals surface area contributed by atoms with Crippen LogP contribution in [0.4, 0.5) is 4.39 Å². The van der Waals surface area contributed by atoms with Gasteiger partial charge in [-0.1, -0.05) is 17.7 Å². The van der Waals surface area contributed by atoms with Gasteiger partial charge < -0.3 is 10.6 Å². The van der Waals surface area contributed by atoms with Crippen LogP contribution in [0, 0.1) is 5.82 Å². The molecule has 0 bridgehead atoms. The Morgan fingerprint density at radius 2 is 1.89 bits per heavy atom. The summed E-state index contributed by atoms with van der Waals surface area (Å²) in [4.78, 5) is 2.40. The summed E-state index contributed by atoms with van der Waals surface area (Å²) in [6.07, 6.45) is 3.22. The Bertz CT molecular complexity index is 435. The number of hydrogen-bond acceptors (Lipinski definition) is 2. The van der Waals surface area contributed by atoms with Crippen molar-refractivity contribution in [3.8, 4) is 0 Å². The van der Waals surface area contributed by atoms with Crippen LogP contribution >= 0.6 is 0 Å². The maximum atomic E-state index is 13.1. The second-order valence-electron chi connectivity index (χ2n) is 5.78. The number of halogens is 1. The van der Waals surface area contributed by atoms with E-state index >= 15 is 0 Å². The van der Waals surface area contributed by atoms with Crippen molar-refractivity contribution in [1.82, 2.24) is 4.90 Å². The molecule has 1 aromatic rings.